The number of hydrogen-bond donors (Lipinski definition) is 3. The molecule has 20 heavy (non-hydrogen) atoms. The Balaban J connectivity index is 2.38. The van der Waals surface area contributed by atoms with Crippen molar-refractivity contribution in [1.29, 1.82) is 0 Å². The van der Waals surface area contributed by atoms with Crippen molar-refractivity contribution >= 4 is 23.4 Å². The van der Waals surface area contributed by atoms with Gasteiger partial charge in [0.25, 0.3) is 0 Å². The fourth-order valence-electron chi connectivity index (χ4n) is 1.46. The number of aromatic nitrogens is 3. The number of carboxylic acids is 1. The number of carboxylic acid groups (broad SMARTS) is 1. The van der Waals surface area contributed by atoms with Crippen LogP contribution in [0.2, 0.25) is 0 Å². The predicted octanol–water partition coefficient (Wildman–Crippen LogP) is -0.0998. The maximum Gasteiger partial charge on any atom is 0.339 e. The molecule has 0 unspecified atom stereocenters. The molecule has 0 atom stereocenters. The van der Waals surface area contributed by atoms with Gasteiger partial charge in [-0.2, -0.15) is 4.98 Å². The van der Waals surface area contributed by atoms with Gasteiger partial charge < -0.3 is 10.8 Å². The Kier molecular flexibility index (Phi) is 3.61. The van der Waals surface area contributed by atoms with E-state index in [-0.39, 0.29) is 16.4 Å². The largest absolute Gasteiger partial charge is 0.478 e. The smallest absolute Gasteiger partial charge is 0.339 e. The Labute approximate surface area is 116 Å². The monoisotopic (exact) mass is 294 g/mol. The fourth-order valence-corrected chi connectivity index (χ4v) is 2.30. The van der Waals surface area contributed by atoms with E-state index in [1.54, 1.807) is 6.07 Å². The van der Waals surface area contributed by atoms with Gasteiger partial charge in [0.15, 0.2) is 5.16 Å². The molecule has 0 bridgehead atoms. The van der Waals surface area contributed by atoms with E-state index in [1.165, 1.54) is 23.9 Å². The van der Waals surface area contributed by atoms with Crippen LogP contribution in [0, 0.1) is 0 Å². The number of carbonyl (C=O) groups is 1. The predicted molar refractivity (Wildman–Crippen MR) is 72.0 cm³/mol. The van der Waals surface area contributed by atoms with Crippen LogP contribution in [-0.4, -0.2) is 25.8 Å². The Hall–Kier alpha value is -2.55. The van der Waals surface area contributed by atoms with E-state index in [1.807, 2.05) is 0 Å². The summed E-state index contributed by atoms with van der Waals surface area (Å²) in [6, 6.07) is 4.37. The molecule has 0 aliphatic heterocycles. The van der Waals surface area contributed by atoms with E-state index < -0.39 is 17.1 Å². The molecule has 0 spiro atoms. The van der Waals surface area contributed by atoms with Crippen LogP contribution in [0.1, 0.15) is 10.4 Å². The molecule has 0 aliphatic carbocycles. The lowest BCUT2D eigenvalue weighted by atomic mass is 10.2. The standard InChI is InChI=1S/C11H10N4O4S/c1-15-11(13-8(16)9(17)14-15)20-5-2-3-6(10(18)19)7(12)4-5/h2-4H,12H2,1H3,(H,14,17)(H,18,19). The number of rotatable bonds is 3. The molecule has 1 heterocycles. The molecule has 9 heteroatoms. The molecule has 0 amide bonds. The first-order valence-corrected chi connectivity index (χ1v) is 6.18. The summed E-state index contributed by atoms with van der Waals surface area (Å²) in [4.78, 5) is 37.3. The van der Waals surface area contributed by atoms with E-state index in [2.05, 4.69) is 10.1 Å². The van der Waals surface area contributed by atoms with E-state index in [0.29, 0.717) is 4.90 Å². The van der Waals surface area contributed by atoms with E-state index in [4.69, 9.17) is 10.8 Å². The molecule has 4 N–H and O–H groups in total. The van der Waals surface area contributed by atoms with Gasteiger partial charge in [-0.15, -0.1) is 0 Å². The minimum Gasteiger partial charge on any atom is -0.478 e. The zero-order valence-corrected chi connectivity index (χ0v) is 11.1. The zero-order valence-electron chi connectivity index (χ0n) is 10.3. The van der Waals surface area contributed by atoms with Crippen LogP contribution < -0.4 is 16.9 Å². The molecule has 104 valence electrons. The lowest BCUT2D eigenvalue weighted by molar-refractivity contribution is 0.0698. The average molecular weight is 294 g/mol. The number of aryl methyl sites for hydroxylation is 1. The molecule has 0 saturated heterocycles. The van der Waals surface area contributed by atoms with Crippen LogP contribution in [0.15, 0.2) is 37.8 Å². The molecular weight excluding hydrogens is 284 g/mol. The highest BCUT2D eigenvalue weighted by atomic mass is 32.2. The Morgan fingerprint density at radius 2 is 2.15 bits per heavy atom. The van der Waals surface area contributed by atoms with Gasteiger partial charge in [-0.1, -0.05) is 11.8 Å². The number of aromatic carboxylic acids is 1. The number of nitrogen functional groups attached to an aromatic ring is 1. The summed E-state index contributed by atoms with van der Waals surface area (Å²) in [7, 11) is 1.53. The third-order valence-corrected chi connectivity index (χ3v) is 3.45. The van der Waals surface area contributed by atoms with E-state index >= 15 is 0 Å². The number of benzene rings is 1. The van der Waals surface area contributed by atoms with Crippen molar-refractivity contribution in [2.24, 2.45) is 7.05 Å². The van der Waals surface area contributed by atoms with Crippen LogP contribution in [0.3, 0.4) is 0 Å². The highest BCUT2D eigenvalue weighted by Gasteiger charge is 2.11. The van der Waals surface area contributed by atoms with Crippen molar-refractivity contribution < 1.29 is 9.90 Å². The minimum absolute atomic E-state index is 0.00216. The molecule has 0 saturated carbocycles. The maximum absolute atomic E-state index is 11.2. The van der Waals surface area contributed by atoms with Crippen molar-refractivity contribution in [3.8, 4) is 0 Å². The Morgan fingerprint density at radius 1 is 1.45 bits per heavy atom. The van der Waals surface area contributed by atoms with Crippen LogP contribution in [-0.2, 0) is 7.05 Å². The molecule has 0 radical (unpaired) electrons. The average Bonchev–Trinajstić information content (AvgIpc) is 2.35. The number of nitrogens with two attached hydrogens (primary N) is 1. The highest BCUT2D eigenvalue weighted by Crippen LogP contribution is 2.27. The first-order chi connectivity index (χ1) is 9.38. The van der Waals surface area contributed by atoms with Gasteiger partial charge in [0, 0.05) is 17.6 Å². The van der Waals surface area contributed by atoms with Gasteiger partial charge >= 0.3 is 17.1 Å². The van der Waals surface area contributed by atoms with Crippen LogP contribution >= 0.6 is 11.8 Å². The molecule has 2 aromatic rings. The summed E-state index contributed by atoms with van der Waals surface area (Å²) in [5.74, 6) is -1.12. The van der Waals surface area contributed by atoms with Gasteiger partial charge in [-0.25, -0.2) is 4.79 Å². The lowest BCUT2D eigenvalue weighted by Crippen LogP contribution is -2.33. The maximum atomic E-state index is 11.2. The van der Waals surface area contributed by atoms with Gasteiger partial charge in [0.2, 0.25) is 0 Å². The van der Waals surface area contributed by atoms with Gasteiger partial charge in [0.1, 0.15) is 0 Å². The molecule has 1 aromatic carbocycles. The van der Waals surface area contributed by atoms with Crippen molar-refractivity contribution in [1.82, 2.24) is 14.8 Å². The number of aromatic amines is 1. The van der Waals surface area contributed by atoms with Gasteiger partial charge in [-0.05, 0) is 18.2 Å². The molecule has 0 aliphatic rings. The quantitative estimate of drug-likeness (QED) is 0.532. The first kappa shape index (κ1) is 13.9. The van der Waals surface area contributed by atoms with Gasteiger partial charge in [0.05, 0.1) is 5.56 Å². The van der Waals surface area contributed by atoms with E-state index in [0.717, 1.165) is 11.8 Å². The summed E-state index contributed by atoms with van der Waals surface area (Å²) in [6.07, 6.45) is 0. The highest BCUT2D eigenvalue weighted by molar-refractivity contribution is 7.99. The topological polar surface area (TPSA) is 131 Å². The SMILES string of the molecule is Cn1[nH]c(=O)c(=O)nc1Sc1ccc(C(=O)O)c(N)c1. The van der Waals surface area contributed by atoms with Crippen molar-refractivity contribution in [3.63, 3.8) is 0 Å². The summed E-state index contributed by atoms with van der Waals surface area (Å²) in [6.45, 7) is 0. The normalized spacial score (nSPS) is 10.4. The third kappa shape index (κ3) is 2.72. The second-order valence-electron chi connectivity index (χ2n) is 3.86. The summed E-state index contributed by atoms with van der Waals surface area (Å²) < 4.78 is 1.30. The van der Waals surface area contributed by atoms with Crippen molar-refractivity contribution in [3.05, 3.63) is 44.5 Å². The van der Waals surface area contributed by atoms with Crippen molar-refractivity contribution in [2.75, 3.05) is 5.73 Å². The Morgan fingerprint density at radius 3 is 2.75 bits per heavy atom. The number of hydrogen-bond acceptors (Lipinski definition) is 6. The second-order valence-corrected chi connectivity index (χ2v) is 4.90. The second kappa shape index (κ2) is 5.21. The van der Waals surface area contributed by atoms with Crippen LogP contribution in [0.4, 0.5) is 5.69 Å². The third-order valence-electron chi connectivity index (χ3n) is 2.41. The van der Waals surface area contributed by atoms with Crippen LogP contribution in [0.25, 0.3) is 0 Å². The van der Waals surface area contributed by atoms with E-state index in [9.17, 15) is 14.4 Å². The molecule has 8 nitrogen and oxygen atoms in total. The molecule has 1 aromatic heterocycles. The van der Waals surface area contributed by atoms with Crippen LogP contribution in [0.5, 0.6) is 0 Å². The summed E-state index contributed by atoms with van der Waals surface area (Å²) in [5.41, 5.74) is 4.04. The number of H-pyrrole nitrogens is 1. The fraction of sp³-hybridized carbons (Fsp3) is 0.0909. The lowest BCUT2D eigenvalue weighted by Gasteiger charge is -2.07. The number of nitrogens with one attached hydrogen (secondary N) is 1. The van der Waals surface area contributed by atoms with Crippen molar-refractivity contribution in [2.45, 2.75) is 10.1 Å². The Bertz CT molecular complexity index is 796. The summed E-state index contributed by atoms with van der Waals surface area (Å²) >= 11 is 1.08. The number of anilines is 1. The molecular formula is C11H10N4O4S. The summed E-state index contributed by atoms with van der Waals surface area (Å²) in [5, 5.41) is 11.4. The zero-order chi connectivity index (χ0) is 14.9. The minimum atomic E-state index is -1.12. The first-order valence-electron chi connectivity index (χ1n) is 5.36. The number of nitrogens with zero attached hydrogens (tertiary/aromatic N) is 2. The van der Waals surface area contributed by atoms with Gasteiger partial charge in [-0.3, -0.25) is 19.4 Å². The molecule has 2 rings (SSSR count). The molecule has 0 fully saturated rings.